The number of nitrogens with one attached hydrogen (secondary N) is 1. The van der Waals surface area contributed by atoms with Crippen molar-refractivity contribution in [2.45, 2.75) is 13.0 Å². The number of ether oxygens (including phenoxy) is 3. The fraction of sp³-hybridized carbons (Fsp3) is 0.636. The first kappa shape index (κ1) is 12.1. The van der Waals surface area contributed by atoms with E-state index in [1.165, 1.54) is 0 Å². The lowest BCUT2D eigenvalue weighted by Gasteiger charge is -2.23. The zero-order valence-electron chi connectivity index (χ0n) is 9.89. The van der Waals surface area contributed by atoms with Gasteiger partial charge < -0.3 is 19.5 Å². The van der Waals surface area contributed by atoms with E-state index < -0.39 is 0 Å². The summed E-state index contributed by atoms with van der Waals surface area (Å²) >= 11 is 0. The highest BCUT2D eigenvalue weighted by molar-refractivity contribution is 5.12. The van der Waals surface area contributed by atoms with E-state index >= 15 is 0 Å². The molecule has 2 rings (SSSR count). The summed E-state index contributed by atoms with van der Waals surface area (Å²) in [4.78, 5) is 8.16. The Labute approximate surface area is 100 Å². The van der Waals surface area contributed by atoms with Gasteiger partial charge in [-0.3, -0.25) is 4.98 Å². The quantitative estimate of drug-likeness (QED) is 0.794. The molecule has 0 aromatic carbocycles. The Morgan fingerprint density at radius 1 is 1.41 bits per heavy atom. The standard InChI is InChI=1S/C11H17N3O3/c1-2-15-10-6-13-7-11(14-10)17-8-9-5-12-3-4-16-9/h6-7,9,12H,2-5,8H2,1H3. The molecule has 1 unspecified atom stereocenters. The second kappa shape index (κ2) is 6.36. The highest BCUT2D eigenvalue weighted by Crippen LogP contribution is 2.11. The van der Waals surface area contributed by atoms with Crippen LogP contribution < -0.4 is 14.8 Å². The van der Waals surface area contributed by atoms with Gasteiger partial charge in [-0.15, -0.1) is 0 Å². The maximum Gasteiger partial charge on any atom is 0.235 e. The van der Waals surface area contributed by atoms with Gasteiger partial charge in [0.25, 0.3) is 0 Å². The second-order valence-corrected chi connectivity index (χ2v) is 3.64. The molecule has 0 saturated carbocycles. The van der Waals surface area contributed by atoms with Gasteiger partial charge in [0.2, 0.25) is 11.8 Å². The molecule has 1 atom stereocenters. The number of rotatable bonds is 5. The van der Waals surface area contributed by atoms with Crippen molar-refractivity contribution in [2.75, 3.05) is 32.9 Å². The van der Waals surface area contributed by atoms with Crippen LogP contribution in [0.5, 0.6) is 11.8 Å². The van der Waals surface area contributed by atoms with Crippen LogP contribution in [0.2, 0.25) is 0 Å². The van der Waals surface area contributed by atoms with Crippen molar-refractivity contribution < 1.29 is 14.2 Å². The summed E-state index contributed by atoms with van der Waals surface area (Å²) in [6, 6.07) is 0. The molecule has 1 aromatic heterocycles. The van der Waals surface area contributed by atoms with Gasteiger partial charge in [-0.25, -0.2) is 0 Å². The topological polar surface area (TPSA) is 65.5 Å². The van der Waals surface area contributed by atoms with E-state index in [2.05, 4.69) is 15.3 Å². The highest BCUT2D eigenvalue weighted by Gasteiger charge is 2.14. The number of morpholine rings is 1. The first-order valence-electron chi connectivity index (χ1n) is 5.78. The van der Waals surface area contributed by atoms with Crippen LogP contribution in [0.1, 0.15) is 6.92 Å². The average molecular weight is 239 g/mol. The van der Waals surface area contributed by atoms with Crippen molar-refractivity contribution in [3.63, 3.8) is 0 Å². The molecule has 1 aliphatic rings. The Morgan fingerprint density at radius 3 is 2.94 bits per heavy atom. The summed E-state index contributed by atoms with van der Waals surface area (Å²) < 4.78 is 16.3. The molecule has 17 heavy (non-hydrogen) atoms. The molecule has 94 valence electrons. The largest absolute Gasteiger partial charge is 0.477 e. The van der Waals surface area contributed by atoms with Gasteiger partial charge >= 0.3 is 0 Å². The van der Waals surface area contributed by atoms with Crippen molar-refractivity contribution in [1.82, 2.24) is 15.3 Å². The zero-order chi connectivity index (χ0) is 11.9. The van der Waals surface area contributed by atoms with E-state index in [1.54, 1.807) is 12.4 Å². The molecule has 1 N–H and O–H groups in total. The molecule has 0 aliphatic carbocycles. The summed E-state index contributed by atoms with van der Waals surface area (Å²) in [5, 5.41) is 3.24. The fourth-order valence-corrected chi connectivity index (χ4v) is 1.52. The summed E-state index contributed by atoms with van der Waals surface area (Å²) in [5.74, 6) is 0.942. The molecule has 0 radical (unpaired) electrons. The first-order chi connectivity index (χ1) is 8.38. The molecule has 0 spiro atoms. The summed E-state index contributed by atoms with van der Waals surface area (Å²) in [7, 11) is 0. The fourth-order valence-electron chi connectivity index (χ4n) is 1.52. The lowest BCUT2D eigenvalue weighted by atomic mass is 10.3. The van der Waals surface area contributed by atoms with Crippen molar-refractivity contribution in [3.05, 3.63) is 12.4 Å². The van der Waals surface area contributed by atoms with Crippen LogP contribution in [0.25, 0.3) is 0 Å². The highest BCUT2D eigenvalue weighted by atomic mass is 16.5. The molecule has 1 fully saturated rings. The van der Waals surface area contributed by atoms with E-state index in [1.807, 2.05) is 6.92 Å². The van der Waals surface area contributed by atoms with Crippen LogP contribution in [0.3, 0.4) is 0 Å². The van der Waals surface area contributed by atoms with E-state index in [-0.39, 0.29) is 6.10 Å². The minimum absolute atomic E-state index is 0.0706. The predicted molar refractivity (Wildman–Crippen MR) is 61.3 cm³/mol. The number of hydrogen-bond acceptors (Lipinski definition) is 6. The second-order valence-electron chi connectivity index (χ2n) is 3.64. The Bertz CT molecular complexity index is 342. The third-order valence-electron chi connectivity index (χ3n) is 2.30. The molecule has 0 amide bonds. The van der Waals surface area contributed by atoms with Crippen LogP contribution >= 0.6 is 0 Å². The third-order valence-corrected chi connectivity index (χ3v) is 2.30. The predicted octanol–water partition coefficient (Wildman–Crippen LogP) is 0.242. The van der Waals surface area contributed by atoms with Crippen LogP contribution in [0.4, 0.5) is 0 Å². The van der Waals surface area contributed by atoms with E-state index in [4.69, 9.17) is 14.2 Å². The van der Waals surface area contributed by atoms with E-state index in [9.17, 15) is 0 Å². The van der Waals surface area contributed by atoms with Gasteiger partial charge in [-0.1, -0.05) is 0 Å². The maximum atomic E-state index is 5.51. The smallest absolute Gasteiger partial charge is 0.235 e. The van der Waals surface area contributed by atoms with E-state index in [0.29, 0.717) is 25.0 Å². The molecular formula is C11H17N3O3. The monoisotopic (exact) mass is 239 g/mol. The van der Waals surface area contributed by atoms with Crippen molar-refractivity contribution in [2.24, 2.45) is 0 Å². The SMILES string of the molecule is CCOc1cncc(OCC2CNCCO2)n1. The number of nitrogens with zero attached hydrogens (tertiary/aromatic N) is 2. The Morgan fingerprint density at radius 2 is 2.24 bits per heavy atom. The molecule has 1 aliphatic heterocycles. The van der Waals surface area contributed by atoms with Gasteiger partial charge in [0.1, 0.15) is 12.7 Å². The maximum absolute atomic E-state index is 5.51. The molecular weight excluding hydrogens is 222 g/mol. The minimum Gasteiger partial charge on any atom is -0.477 e. The minimum atomic E-state index is 0.0706. The Balaban J connectivity index is 1.83. The molecule has 6 heteroatoms. The third kappa shape index (κ3) is 3.83. The molecule has 0 bridgehead atoms. The Hall–Kier alpha value is -1.40. The van der Waals surface area contributed by atoms with Crippen molar-refractivity contribution in [3.8, 4) is 11.8 Å². The first-order valence-corrected chi connectivity index (χ1v) is 5.78. The van der Waals surface area contributed by atoms with Crippen molar-refractivity contribution >= 4 is 0 Å². The van der Waals surface area contributed by atoms with Gasteiger partial charge in [-0.2, -0.15) is 4.98 Å². The molecule has 1 aromatic rings. The van der Waals surface area contributed by atoms with Crippen LogP contribution in [-0.4, -0.2) is 49.0 Å². The average Bonchev–Trinajstić information content (AvgIpc) is 2.39. The molecule has 2 heterocycles. The lowest BCUT2D eigenvalue weighted by molar-refractivity contribution is -0.000947. The van der Waals surface area contributed by atoms with Gasteiger partial charge in [0.05, 0.1) is 25.6 Å². The zero-order valence-corrected chi connectivity index (χ0v) is 9.89. The number of aromatic nitrogens is 2. The lowest BCUT2D eigenvalue weighted by Crippen LogP contribution is -2.41. The van der Waals surface area contributed by atoms with Crippen LogP contribution in [-0.2, 0) is 4.74 Å². The molecule has 6 nitrogen and oxygen atoms in total. The normalized spacial score (nSPS) is 19.9. The van der Waals surface area contributed by atoms with Gasteiger partial charge in [0, 0.05) is 13.1 Å². The Kier molecular flexibility index (Phi) is 4.52. The van der Waals surface area contributed by atoms with Crippen LogP contribution in [0, 0.1) is 0 Å². The molecule has 1 saturated heterocycles. The van der Waals surface area contributed by atoms with Gasteiger partial charge in [-0.05, 0) is 6.92 Å². The van der Waals surface area contributed by atoms with Crippen molar-refractivity contribution in [1.29, 1.82) is 0 Å². The number of hydrogen-bond donors (Lipinski definition) is 1. The summed E-state index contributed by atoms with van der Waals surface area (Å²) in [6.45, 7) is 5.36. The summed E-state index contributed by atoms with van der Waals surface area (Å²) in [6.07, 6.45) is 3.20. The summed E-state index contributed by atoms with van der Waals surface area (Å²) in [5.41, 5.74) is 0. The van der Waals surface area contributed by atoms with Crippen LogP contribution in [0.15, 0.2) is 12.4 Å². The van der Waals surface area contributed by atoms with E-state index in [0.717, 1.165) is 19.7 Å². The van der Waals surface area contributed by atoms with Gasteiger partial charge in [0.15, 0.2) is 0 Å².